The zero-order valence-electron chi connectivity index (χ0n) is 17.2. The van der Waals surface area contributed by atoms with Gasteiger partial charge in [0.25, 0.3) is 0 Å². The van der Waals surface area contributed by atoms with Crippen LogP contribution in [0.5, 0.6) is 0 Å². The van der Waals surface area contributed by atoms with Crippen molar-refractivity contribution in [2.24, 2.45) is 0 Å². The first-order valence-electron chi connectivity index (χ1n) is 10.4. The van der Waals surface area contributed by atoms with Gasteiger partial charge in [-0.05, 0) is 53.8 Å². The zero-order chi connectivity index (χ0) is 21.0. The molecule has 0 aliphatic carbocycles. The van der Waals surface area contributed by atoms with Gasteiger partial charge >= 0.3 is 0 Å². The minimum Gasteiger partial charge on any atom is -0.396 e. The fraction of sp³-hybridized carbons (Fsp3) is 0.320. The highest BCUT2D eigenvalue weighted by atomic mass is 19.1. The first kappa shape index (κ1) is 20.7. The lowest BCUT2D eigenvalue weighted by molar-refractivity contribution is -0.161. The van der Waals surface area contributed by atoms with E-state index in [1.807, 2.05) is 12.3 Å². The summed E-state index contributed by atoms with van der Waals surface area (Å²) in [7, 11) is 0. The fourth-order valence-corrected chi connectivity index (χ4v) is 4.17. The summed E-state index contributed by atoms with van der Waals surface area (Å²) in [5, 5.41) is 9.60. The molecule has 0 bridgehead atoms. The van der Waals surface area contributed by atoms with Crippen LogP contribution in [-0.4, -0.2) is 34.9 Å². The van der Waals surface area contributed by atoms with E-state index >= 15 is 0 Å². The molecule has 2 heterocycles. The van der Waals surface area contributed by atoms with Crippen molar-refractivity contribution >= 4 is 0 Å². The summed E-state index contributed by atoms with van der Waals surface area (Å²) in [6.07, 6.45) is 4.89. The highest BCUT2D eigenvalue weighted by Crippen LogP contribution is 2.38. The van der Waals surface area contributed by atoms with Gasteiger partial charge in [-0.25, -0.2) is 4.39 Å². The molecule has 0 spiro atoms. The lowest BCUT2D eigenvalue weighted by Crippen LogP contribution is -2.46. The van der Waals surface area contributed by atoms with Crippen molar-refractivity contribution in [1.29, 1.82) is 0 Å². The number of hydrogen-bond donors (Lipinski definition) is 1. The van der Waals surface area contributed by atoms with Gasteiger partial charge in [0.05, 0.1) is 5.60 Å². The molecule has 3 aromatic rings. The van der Waals surface area contributed by atoms with E-state index in [0.29, 0.717) is 13.2 Å². The summed E-state index contributed by atoms with van der Waals surface area (Å²) in [5.74, 6) is -0.265. The van der Waals surface area contributed by atoms with Crippen molar-refractivity contribution in [2.45, 2.75) is 31.4 Å². The maximum absolute atomic E-state index is 13.4. The quantitative estimate of drug-likeness (QED) is 0.632. The minimum atomic E-state index is -0.567. The smallest absolute Gasteiger partial charge is 0.123 e. The van der Waals surface area contributed by atoms with E-state index in [4.69, 9.17) is 4.74 Å². The number of nitrogens with zero attached hydrogens (tertiary/aromatic N) is 2. The molecule has 156 valence electrons. The second-order valence-corrected chi connectivity index (χ2v) is 7.85. The normalized spacial score (nSPS) is 20.8. The summed E-state index contributed by atoms with van der Waals surface area (Å²) in [4.78, 5) is 6.48. The van der Waals surface area contributed by atoms with Crippen LogP contribution in [0.4, 0.5) is 4.39 Å². The lowest BCUT2D eigenvalue weighted by Gasteiger charge is -2.44. The Balaban J connectivity index is 1.45. The molecular formula is C25H27FN2O2. The molecule has 1 saturated heterocycles. The highest BCUT2D eigenvalue weighted by Gasteiger charge is 2.38. The number of aliphatic hydroxyl groups excluding tert-OH is 1. The number of rotatable bonds is 6. The highest BCUT2D eigenvalue weighted by molar-refractivity contribution is 5.62. The lowest BCUT2D eigenvalue weighted by atomic mass is 9.85. The summed E-state index contributed by atoms with van der Waals surface area (Å²) in [6, 6.07) is 19.2. The van der Waals surface area contributed by atoms with Crippen LogP contribution in [0.25, 0.3) is 11.1 Å². The van der Waals surface area contributed by atoms with E-state index in [1.165, 1.54) is 17.7 Å². The number of hydrogen-bond acceptors (Lipinski definition) is 4. The molecule has 4 rings (SSSR count). The van der Waals surface area contributed by atoms with Gasteiger partial charge in [-0.1, -0.05) is 42.5 Å². The third-order valence-electron chi connectivity index (χ3n) is 6.13. The first-order valence-corrected chi connectivity index (χ1v) is 10.4. The van der Waals surface area contributed by atoms with Crippen molar-refractivity contribution in [3.63, 3.8) is 0 Å². The van der Waals surface area contributed by atoms with Gasteiger partial charge in [-0.15, -0.1) is 0 Å². The Bertz CT molecular complexity index is 937. The number of aromatic nitrogens is 1. The molecule has 1 fully saturated rings. The fourth-order valence-electron chi connectivity index (χ4n) is 4.17. The van der Waals surface area contributed by atoms with Crippen LogP contribution in [0.1, 0.15) is 36.9 Å². The van der Waals surface area contributed by atoms with Crippen LogP contribution in [-0.2, 0) is 10.3 Å². The maximum atomic E-state index is 13.4. The molecule has 0 radical (unpaired) electrons. The molecule has 1 aliphatic rings. The first-order chi connectivity index (χ1) is 14.6. The average molecular weight is 407 g/mol. The Labute approximate surface area is 177 Å². The molecule has 5 heteroatoms. The number of pyridine rings is 1. The topological polar surface area (TPSA) is 45.6 Å². The molecule has 1 aromatic heterocycles. The van der Waals surface area contributed by atoms with Gasteiger partial charge in [0.1, 0.15) is 12.5 Å². The van der Waals surface area contributed by atoms with Gasteiger partial charge in [0.15, 0.2) is 0 Å². The molecule has 1 N–H and O–H groups in total. The maximum Gasteiger partial charge on any atom is 0.123 e. The molecule has 0 saturated carbocycles. The molecule has 2 atom stereocenters. The van der Waals surface area contributed by atoms with Crippen molar-refractivity contribution in [1.82, 2.24) is 9.88 Å². The van der Waals surface area contributed by atoms with Crippen LogP contribution < -0.4 is 0 Å². The molecule has 4 nitrogen and oxygen atoms in total. The van der Waals surface area contributed by atoms with Crippen LogP contribution in [0.3, 0.4) is 0 Å². The number of aliphatic hydroxyl groups is 1. The number of halogens is 1. The molecule has 2 aromatic carbocycles. The predicted molar refractivity (Wildman–Crippen MR) is 115 cm³/mol. The van der Waals surface area contributed by atoms with Crippen LogP contribution >= 0.6 is 0 Å². The van der Waals surface area contributed by atoms with E-state index in [0.717, 1.165) is 29.7 Å². The molecular weight excluding hydrogens is 379 g/mol. The summed E-state index contributed by atoms with van der Waals surface area (Å²) < 4.78 is 19.7. The Hall–Kier alpha value is -2.60. The van der Waals surface area contributed by atoms with Crippen LogP contribution in [0.2, 0.25) is 0 Å². The standard InChI is InChI=1S/C25H27FN2O2/c1-19(20-4-6-21(7-5-20)22-3-2-14-27-17-22)28-15-12-25(13-16-29,30-18-28)23-8-10-24(26)11-9-23/h2-11,14,17,19,29H,12-13,15-16,18H2,1H3. The van der Waals surface area contributed by atoms with Gasteiger partial charge in [-0.3, -0.25) is 9.88 Å². The van der Waals surface area contributed by atoms with Crippen LogP contribution in [0, 0.1) is 5.82 Å². The van der Waals surface area contributed by atoms with Gasteiger partial charge in [0, 0.05) is 38.0 Å². The Kier molecular flexibility index (Phi) is 6.23. The average Bonchev–Trinajstić information content (AvgIpc) is 2.80. The van der Waals surface area contributed by atoms with Crippen molar-refractivity contribution in [3.8, 4) is 11.1 Å². The van der Waals surface area contributed by atoms with Crippen LogP contribution in [0.15, 0.2) is 73.1 Å². The van der Waals surface area contributed by atoms with Gasteiger partial charge in [-0.2, -0.15) is 0 Å². The summed E-state index contributed by atoms with van der Waals surface area (Å²) in [6.45, 7) is 3.51. The molecule has 30 heavy (non-hydrogen) atoms. The van der Waals surface area contributed by atoms with E-state index in [-0.39, 0.29) is 18.5 Å². The van der Waals surface area contributed by atoms with Crippen molar-refractivity contribution < 1.29 is 14.2 Å². The summed E-state index contributed by atoms with van der Waals surface area (Å²) in [5.41, 5.74) is 3.83. The second kappa shape index (κ2) is 9.04. The minimum absolute atomic E-state index is 0.0305. The van der Waals surface area contributed by atoms with Gasteiger partial charge in [0.2, 0.25) is 0 Å². The largest absolute Gasteiger partial charge is 0.396 e. The molecule has 0 amide bonds. The Morgan fingerprint density at radius 2 is 1.87 bits per heavy atom. The van der Waals surface area contributed by atoms with E-state index < -0.39 is 5.60 Å². The molecule has 1 aliphatic heterocycles. The van der Waals surface area contributed by atoms with E-state index in [9.17, 15) is 9.50 Å². The Morgan fingerprint density at radius 3 is 2.47 bits per heavy atom. The molecule has 2 unspecified atom stereocenters. The van der Waals surface area contributed by atoms with Crippen molar-refractivity contribution in [2.75, 3.05) is 19.9 Å². The van der Waals surface area contributed by atoms with Crippen molar-refractivity contribution in [3.05, 3.63) is 90.0 Å². The third-order valence-corrected chi connectivity index (χ3v) is 6.13. The summed E-state index contributed by atoms with van der Waals surface area (Å²) >= 11 is 0. The third kappa shape index (κ3) is 4.29. The van der Waals surface area contributed by atoms with E-state index in [1.54, 1.807) is 18.3 Å². The zero-order valence-corrected chi connectivity index (χ0v) is 17.2. The van der Waals surface area contributed by atoms with E-state index in [2.05, 4.69) is 47.1 Å². The monoisotopic (exact) mass is 406 g/mol. The predicted octanol–water partition coefficient (Wildman–Crippen LogP) is 4.91. The Morgan fingerprint density at radius 1 is 1.10 bits per heavy atom. The SMILES string of the molecule is CC(c1ccc(-c2cccnc2)cc1)N1CCC(CCO)(c2ccc(F)cc2)OC1. The van der Waals surface area contributed by atoms with Gasteiger partial charge < -0.3 is 9.84 Å². The number of ether oxygens (including phenoxy) is 1. The second-order valence-electron chi connectivity index (χ2n) is 7.85. The number of benzene rings is 2.